The minimum absolute atomic E-state index is 0.199. The maximum absolute atomic E-state index is 13.6. The highest BCUT2D eigenvalue weighted by atomic mass is 32.1. The molecule has 1 amide bonds. The van der Waals surface area contributed by atoms with Crippen molar-refractivity contribution in [3.05, 3.63) is 99.9 Å². The number of carbonyl (C=O) groups is 1. The first-order valence-corrected chi connectivity index (χ1v) is 12.9. The summed E-state index contributed by atoms with van der Waals surface area (Å²) in [6, 6.07) is 23.3. The van der Waals surface area contributed by atoms with Crippen LogP contribution in [0.15, 0.2) is 82.2 Å². The first-order valence-electron chi connectivity index (χ1n) is 12.1. The number of para-hydroxylation sites is 1. The molecule has 0 bridgehead atoms. The second-order valence-electron chi connectivity index (χ2n) is 8.76. The van der Waals surface area contributed by atoms with Gasteiger partial charge < -0.3 is 9.15 Å². The van der Waals surface area contributed by atoms with E-state index in [4.69, 9.17) is 14.1 Å². The summed E-state index contributed by atoms with van der Waals surface area (Å²) in [7, 11) is 1.58. The summed E-state index contributed by atoms with van der Waals surface area (Å²) in [4.78, 5) is 24.1. The maximum atomic E-state index is 13.6. The average molecular weight is 510 g/mol. The Morgan fingerprint density at radius 3 is 2.41 bits per heavy atom. The lowest BCUT2D eigenvalue weighted by Crippen LogP contribution is -2.21. The molecule has 0 aliphatic carbocycles. The Kier molecular flexibility index (Phi) is 6.88. The molecule has 0 aliphatic heterocycles. The Labute approximate surface area is 219 Å². The number of thiazole rings is 1. The predicted molar refractivity (Wildman–Crippen MR) is 149 cm³/mol. The molecule has 2 aromatic heterocycles. The number of anilines is 1. The van der Waals surface area contributed by atoms with Gasteiger partial charge in [0.1, 0.15) is 5.56 Å². The zero-order chi connectivity index (χ0) is 25.9. The number of methoxy groups -OCH3 is 1. The second-order valence-corrected chi connectivity index (χ2v) is 9.84. The summed E-state index contributed by atoms with van der Waals surface area (Å²) in [6.45, 7) is 6.16. The molecule has 0 fully saturated rings. The number of nitrogens with one attached hydrogen (secondary N) is 1. The van der Waals surface area contributed by atoms with Crippen LogP contribution < -0.4 is 15.6 Å². The molecule has 7 heteroatoms. The molecular weight excluding hydrogens is 482 g/mol. The quantitative estimate of drug-likeness (QED) is 0.262. The molecule has 1 N–H and O–H groups in total. The van der Waals surface area contributed by atoms with Gasteiger partial charge in [-0.15, -0.1) is 11.3 Å². The topological polar surface area (TPSA) is 76.7 Å². The molecule has 0 atom stereocenters. The van der Waals surface area contributed by atoms with Gasteiger partial charge >= 0.3 is 0 Å². The smallest absolute Gasteiger partial charge is 0.262 e. The number of benzene rings is 3. The molecule has 0 spiro atoms. The number of nitrogens with zero attached hydrogens (tertiary/aromatic N) is 2. The van der Waals surface area contributed by atoms with Crippen molar-refractivity contribution < 1.29 is 13.9 Å². The first-order chi connectivity index (χ1) is 17.9. The van der Waals surface area contributed by atoms with Gasteiger partial charge in [0.15, 0.2) is 16.5 Å². The average Bonchev–Trinajstić information content (AvgIpc) is 3.32. The van der Waals surface area contributed by atoms with E-state index < -0.39 is 0 Å². The maximum Gasteiger partial charge on any atom is 0.262 e. The standard InChI is InChI=1S/C30H27N3O3S/c1-5-25-26(20-13-9-18(2)10-14-20)32-30(37-25)33-28(34)23-17-21-7-6-8-24(35-4)27(21)36-29(23)31-22-15-11-19(3)12-16-22/h6-17H,5H2,1-4H3,(H,32,33,34). The van der Waals surface area contributed by atoms with Gasteiger partial charge in [-0.2, -0.15) is 0 Å². The van der Waals surface area contributed by atoms with Crippen molar-refractivity contribution in [2.24, 2.45) is 4.99 Å². The van der Waals surface area contributed by atoms with Crippen LogP contribution in [0.1, 0.15) is 33.3 Å². The van der Waals surface area contributed by atoms with Gasteiger partial charge in [-0.3, -0.25) is 10.1 Å². The fourth-order valence-electron chi connectivity index (χ4n) is 4.01. The van der Waals surface area contributed by atoms with Crippen molar-refractivity contribution in [1.82, 2.24) is 4.98 Å². The number of aromatic nitrogens is 1. The van der Waals surface area contributed by atoms with Gasteiger partial charge in [-0.05, 0) is 44.5 Å². The van der Waals surface area contributed by atoms with E-state index in [0.29, 0.717) is 27.7 Å². The zero-order valence-corrected chi connectivity index (χ0v) is 22.0. The van der Waals surface area contributed by atoms with Crippen molar-refractivity contribution in [3.63, 3.8) is 0 Å². The molecule has 0 saturated carbocycles. The third kappa shape index (κ3) is 5.17. The van der Waals surface area contributed by atoms with Crippen LogP contribution in [0.4, 0.5) is 10.8 Å². The minimum Gasteiger partial charge on any atom is -0.493 e. The van der Waals surface area contributed by atoms with Gasteiger partial charge in [-0.25, -0.2) is 9.98 Å². The van der Waals surface area contributed by atoms with E-state index in [2.05, 4.69) is 48.4 Å². The van der Waals surface area contributed by atoms with Crippen LogP contribution in [0.3, 0.4) is 0 Å². The monoisotopic (exact) mass is 509 g/mol. The normalized spacial score (nSPS) is 11.6. The molecule has 0 saturated heterocycles. The largest absolute Gasteiger partial charge is 0.493 e. The molecule has 0 unspecified atom stereocenters. The summed E-state index contributed by atoms with van der Waals surface area (Å²) in [5.74, 6) is 0.228. The van der Waals surface area contributed by atoms with Crippen molar-refractivity contribution in [3.8, 4) is 17.0 Å². The van der Waals surface area contributed by atoms with Crippen LogP contribution in [0.2, 0.25) is 0 Å². The van der Waals surface area contributed by atoms with E-state index in [1.807, 2.05) is 49.4 Å². The third-order valence-corrected chi connectivity index (χ3v) is 7.15. The molecule has 5 rings (SSSR count). The second kappa shape index (κ2) is 10.4. The number of hydrogen-bond acceptors (Lipinski definition) is 6. The van der Waals surface area contributed by atoms with Crippen molar-refractivity contribution >= 4 is 39.0 Å². The summed E-state index contributed by atoms with van der Waals surface area (Å²) < 4.78 is 11.6. The molecule has 6 nitrogen and oxygen atoms in total. The van der Waals surface area contributed by atoms with Gasteiger partial charge in [-0.1, -0.05) is 66.6 Å². The highest BCUT2D eigenvalue weighted by Gasteiger charge is 2.18. The number of carbonyl (C=O) groups excluding carboxylic acids is 1. The van der Waals surface area contributed by atoms with Crippen molar-refractivity contribution in [1.29, 1.82) is 0 Å². The van der Waals surface area contributed by atoms with Crippen LogP contribution >= 0.6 is 11.3 Å². The van der Waals surface area contributed by atoms with E-state index in [1.165, 1.54) is 16.9 Å². The van der Waals surface area contributed by atoms with Gasteiger partial charge in [0.05, 0.1) is 18.5 Å². The molecule has 0 aliphatic rings. The van der Waals surface area contributed by atoms with Crippen molar-refractivity contribution in [2.45, 2.75) is 27.2 Å². The van der Waals surface area contributed by atoms with Crippen LogP contribution in [0, 0.1) is 13.8 Å². The van der Waals surface area contributed by atoms with Gasteiger partial charge in [0, 0.05) is 15.8 Å². The lowest BCUT2D eigenvalue weighted by atomic mass is 10.1. The lowest BCUT2D eigenvalue weighted by molar-refractivity contribution is 0.102. The van der Waals surface area contributed by atoms with Crippen molar-refractivity contribution in [2.75, 3.05) is 12.4 Å². The Bertz CT molecular complexity index is 1650. The Balaban J connectivity index is 1.58. The fraction of sp³-hybridized carbons (Fsp3) is 0.167. The summed E-state index contributed by atoms with van der Waals surface area (Å²) >= 11 is 1.48. The fourth-order valence-corrected chi connectivity index (χ4v) is 4.93. The zero-order valence-electron chi connectivity index (χ0n) is 21.2. The number of amides is 1. The first kappa shape index (κ1) is 24.5. The van der Waals surface area contributed by atoms with Crippen LogP contribution in [-0.2, 0) is 6.42 Å². The van der Waals surface area contributed by atoms with Crippen LogP contribution in [0.5, 0.6) is 5.75 Å². The highest BCUT2D eigenvalue weighted by Crippen LogP contribution is 2.32. The molecule has 37 heavy (non-hydrogen) atoms. The van der Waals surface area contributed by atoms with E-state index >= 15 is 0 Å². The summed E-state index contributed by atoms with van der Waals surface area (Å²) in [5.41, 5.74) is 5.94. The Morgan fingerprint density at radius 1 is 1.03 bits per heavy atom. The molecule has 186 valence electrons. The van der Waals surface area contributed by atoms with E-state index in [-0.39, 0.29) is 11.5 Å². The molecule has 3 aromatic carbocycles. The number of aryl methyl sites for hydroxylation is 3. The van der Waals surface area contributed by atoms with E-state index in [9.17, 15) is 4.79 Å². The van der Waals surface area contributed by atoms with Gasteiger partial charge in [0.25, 0.3) is 5.91 Å². The van der Waals surface area contributed by atoms with Crippen LogP contribution in [-0.4, -0.2) is 18.0 Å². The van der Waals surface area contributed by atoms with E-state index in [0.717, 1.165) is 33.5 Å². The number of rotatable bonds is 6. The number of fused-ring (bicyclic) bond motifs is 1. The SMILES string of the molecule is CCc1sc(NC(=O)c2cc3cccc(OC)c3oc2=Nc2ccc(C)cc2)nc1-c1ccc(C)cc1. The predicted octanol–water partition coefficient (Wildman–Crippen LogP) is 7.23. The number of ether oxygens (including phenoxy) is 1. The lowest BCUT2D eigenvalue weighted by Gasteiger charge is -2.08. The molecule has 2 heterocycles. The van der Waals surface area contributed by atoms with E-state index in [1.54, 1.807) is 13.2 Å². The minimum atomic E-state index is -0.341. The van der Waals surface area contributed by atoms with Gasteiger partial charge in [0.2, 0.25) is 5.55 Å². The molecule has 5 aromatic rings. The van der Waals surface area contributed by atoms with Crippen LogP contribution in [0.25, 0.3) is 22.2 Å². The molecular formula is C30H27N3O3S. The highest BCUT2D eigenvalue weighted by molar-refractivity contribution is 7.16. The Hall–Kier alpha value is -4.23. The number of hydrogen-bond donors (Lipinski definition) is 1. The molecule has 0 radical (unpaired) electrons. The Morgan fingerprint density at radius 2 is 1.73 bits per heavy atom. The summed E-state index contributed by atoms with van der Waals surface area (Å²) in [6.07, 6.45) is 0.815. The third-order valence-electron chi connectivity index (χ3n) is 6.03. The summed E-state index contributed by atoms with van der Waals surface area (Å²) in [5, 5.41) is 4.25.